The molecule has 3 nitrogen and oxygen atoms in total. The third-order valence-electron chi connectivity index (χ3n) is 2.54. The largest absolute Gasteiger partial charge is 0.389 e. The zero-order valence-corrected chi connectivity index (χ0v) is 13.0. The van der Waals surface area contributed by atoms with Crippen LogP contribution in [0.5, 0.6) is 0 Å². The predicted octanol–water partition coefficient (Wildman–Crippen LogP) is 3.44. The van der Waals surface area contributed by atoms with Crippen molar-refractivity contribution in [3.05, 3.63) is 24.3 Å². The molecule has 0 saturated carbocycles. The smallest absolute Gasteiger partial charge is 0.154 e. The summed E-state index contributed by atoms with van der Waals surface area (Å²) in [6.45, 7) is 7.07. The molecule has 2 unspecified atom stereocenters. The van der Waals surface area contributed by atoms with E-state index >= 15 is 0 Å². The Hall–Kier alpha value is -1.08. The first-order chi connectivity index (χ1) is 9.70. The van der Waals surface area contributed by atoms with E-state index in [-0.39, 0.29) is 6.29 Å². The molecule has 0 radical (unpaired) electrons. The van der Waals surface area contributed by atoms with Crippen molar-refractivity contribution in [1.82, 2.24) is 0 Å². The van der Waals surface area contributed by atoms with Crippen LogP contribution in [0.3, 0.4) is 0 Å². The van der Waals surface area contributed by atoms with E-state index in [2.05, 4.69) is 11.8 Å². The third kappa shape index (κ3) is 13.4. The Morgan fingerprint density at radius 2 is 2.00 bits per heavy atom. The molecule has 0 heterocycles. The van der Waals surface area contributed by atoms with Gasteiger partial charge in [-0.2, -0.15) is 0 Å². The van der Waals surface area contributed by atoms with Crippen molar-refractivity contribution in [3.8, 4) is 11.8 Å². The molecular formula is C17H28O3. The molecule has 0 spiro atoms. The second-order valence-electron chi connectivity index (χ2n) is 4.34. The quantitative estimate of drug-likeness (QED) is 0.288. The molecule has 0 amide bonds. The summed E-state index contributed by atoms with van der Waals surface area (Å²) >= 11 is 0. The molecule has 114 valence electrons. The standard InChI is InChI=1S/C17H28O3/c1-4-6-7-8-9-10-13-17(18)14-11-12-15-20-16(3)19-5-2/h4,6,11,14,16-18H,5,7,10,12-13,15H2,1-3H3/b6-4+,14-11+. The second kappa shape index (κ2) is 14.3. The maximum atomic E-state index is 9.71. The summed E-state index contributed by atoms with van der Waals surface area (Å²) in [6, 6.07) is 0. The highest BCUT2D eigenvalue weighted by atomic mass is 16.7. The van der Waals surface area contributed by atoms with Gasteiger partial charge in [0.15, 0.2) is 6.29 Å². The van der Waals surface area contributed by atoms with Gasteiger partial charge in [0.05, 0.1) is 12.7 Å². The van der Waals surface area contributed by atoms with Crippen molar-refractivity contribution < 1.29 is 14.6 Å². The van der Waals surface area contributed by atoms with Crippen LogP contribution in [0, 0.1) is 11.8 Å². The van der Waals surface area contributed by atoms with Crippen molar-refractivity contribution in [2.24, 2.45) is 0 Å². The van der Waals surface area contributed by atoms with Crippen LogP contribution in [0.4, 0.5) is 0 Å². The minimum atomic E-state index is -0.421. The van der Waals surface area contributed by atoms with Gasteiger partial charge in [0.2, 0.25) is 0 Å². The van der Waals surface area contributed by atoms with Gasteiger partial charge >= 0.3 is 0 Å². The number of hydrogen-bond acceptors (Lipinski definition) is 3. The van der Waals surface area contributed by atoms with Gasteiger partial charge in [-0.1, -0.05) is 30.2 Å². The van der Waals surface area contributed by atoms with Crippen molar-refractivity contribution in [1.29, 1.82) is 0 Å². The highest BCUT2D eigenvalue weighted by Crippen LogP contribution is 2.00. The van der Waals surface area contributed by atoms with E-state index in [0.717, 1.165) is 19.3 Å². The SMILES string of the molecule is C/C=C/CC#CCCC(O)/C=C/CCOC(C)OCC. The fourth-order valence-corrected chi connectivity index (χ4v) is 1.49. The Bertz CT molecular complexity index is 323. The fourth-order valence-electron chi connectivity index (χ4n) is 1.49. The van der Waals surface area contributed by atoms with Gasteiger partial charge in [0.25, 0.3) is 0 Å². The molecule has 3 heteroatoms. The van der Waals surface area contributed by atoms with Crippen LogP contribution in [0.1, 0.15) is 46.5 Å². The van der Waals surface area contributed by atoms with Crippen LogP contribution in [0.15, 0.2) is 24.3 Å². The molecular weight excluding hydrogens is 252 g/mol. The molecule has 0 rings (SSSR count). The number of rotatable bonds is 10. The lowest BCUT2D eigenvalue weighted by Crippen LogP contribution is -2.13. The van der Waals surface area contributed by atoms with Gasteiger partial charge < -0.3 is 14.6 Å². The molecule has 0 aromatic carbocycles. The number of hydrogen-bond donors (Lipinski definition) is 1. The average Bonchev–Trinajstić information content (AvgIpc) is 2.42. The summed E-state index contributed by atoms with van der Waals surface area (Å²) in [4.78, 5) is 0. The van der Waals surface area contributed by atoms with Crippen LogP contribution >= 0.6 is 0 Å². The number of aliphatic hydroxyl groups excluding tert-OH is 1. The minimum absolute atomic E-state index is 0.161. The summed E-state index contributed by atoms with van der Waals surface area (Å²) in [5.74, 6) is 6.08. The topological polar surface area (TPSA) is 38.7 Å². The lowest BCUT2D eigenvalue weighted by atomic mass is 10.2. The first kappa shape index (κ1) is 18.9. The second-order valence-corrected chi connectivity index (χ2v) is 4.34. The lowest BCUT2D eigenvalue weighted by molar-refractivity contribution is -0.125. The van der Waals surface area contributed by atoms with Crippen LogP contribution < -0.4 is 0 Å². The molecule has 0 aliphatic rings. The number of ether oxygens (including phenoxy) is 2. The predicted molar refractivity (Wildman–Crippen MR) is 83.2 cm³/mol. The van der Waals surface area contributed by atoms with Crippen LogP contribution in [0.2, 0.25) is 0 Å². The summed E-state index contributed by atoms with van der Waals surface area (Å²) in [5, 5.41) is 9.71. The van der Waals surface area contributed by atoms with Crippen molar-refractivity contribution in [2.45, 2.75) is 58.8 Å². The van der Waals surface area contributed by atoms with Crippen LogP contribution in [0.25, 0.3) is 0 Å². The summed E-state index contributed by atoms with van der Waals surface area (Å²) in [5.41, 5.74) is 0. The lowest BCUT2D eigenvalue weighted by Gasteiger charge is -2.11. The molecule has 20 heavy (non-hydrogen) atoms. The maximum absolute atomic E-state index is 9.71. The van der Waals surface area contributed by atoms with Gasteiger partial charge in [0.1, 0.15) is 0 Å². The van der Waals surface area contributed by atoms with Gasteiger partial charge in [-0.05, 0) is 33.6 Å². The van der Waals surface area contributed by atoms with E-state index in [9.17, 15) is 5.11 Å². The van der Waals surface area contributed by atoms with Gasteiger partial charge in [0, 0.05) is 19.4 Å². The van der Waals surface area contributed by atoms with Crippen molar-refractivity contribution in [2.75, 3.05) is 13.2 Å². The Kier molecular flexibility index (Phi) is 13.6. The zero-order chi connectivity index (χ0) is 15.1. The normalized spacial score (nSPS) is 14.4. The van der Waals surface area contributed by atoms with Crippen LogP contribution in [-0.4, -0.2) is 30.7 Å². The highest BCUT2D eigenvalue weighted by Gasteiger charge is 1.99. The van der Waals surface area contributed by atoms with E-state index in [1.165, 1.54) is 0 Å². The molecule has 0 fully saturated rings. The average molecular weight is 280 g/mol. The number of allylic oxidation sites excluding steroid dienone is 2. The first-order valence-corrected chi connectivity index (χ1v) is 7.35. The van der Waals surface area contributed by atoms with E-state index in [1.54, 1.807) is 0 Å². The Morgan fingerprint density at radius 3 is 2.70 bits per heavy atom. The molecule has 1 N–H and O–H groups in total. The van der Waals surface area contributed by atoms with Crippen molar-refractivity contribution in [3.63, 3.8) is 0 Å². The van der Waals surface area contributed by atoms with Gasteiger partial charge in [-0.3, -0.25) is 0 Å². The van der Waals surface area contributed by atoms with Gasteiger partial charge in [-0.25, -0.2) is 0 Å². The number of aliphatic hydroxyl groups is 1. The molecule has 0 aromatic rings. The van der Waals surface area contributed by atoms with E-state index < -0.39 is 6.10 Å². The highest BCUT2D eigenvalue weighted by molar-refractivity contribution is 5.04. The molecule has 0 aromatic heterocycles. The maximum Gasteiger partial charge on any atom is 0.154 e. The fraction of sp³-hybridized carbons (Fsp3) is 0.647. The van der Waals surface area contributed by atoms with Gasteiger partial charge in [-0.15, -0.1) is 5.92 Å². The zero-order valence-electron chi connectivity index (χ0n) is 13.0. The molecule has 0 aliphatic heterocycles. The van der Waals surface area contributed by atoms with Crippen LogP contribution in [-0.2, 0) is 9.47 Å². The first-order valence-electron chi connectivity index (χ1n) is 7.35. The minimum Gasteiger partial charge on any atom is -0.389 e. The summed E-state index contributed by atoms with van der Waals surface area (Å²) in [6.07, 6.45) is 10.1. The van der Waals surface area contributed by atoms with Crippen molar-refractivity contribution >= 4 is 0 Å². The molecule has 0 saturated heterocycles. The Balaban J connectivity index is 3.56. The summed E-state index contributed by atoms with van der Waals surface area (Å²) < 4.78 is 10.7. The Labute approximate surface area is 123 Å². The Morgan fingerprint density at radius 1 is 1.20 bits per heavy atom. The monoisotopic (exact) mass is 280 g/mol. The molecule has 2 atom stereocenters. The third-order valence-corrected chi connectivity index (χ3v) is 2.54. The van der Waals surface area contributed by atoms with E-state index in [0.29, 0.717) is 19.6 Å². The molecule has 0 bridgehead atoms. The van der Waals surface area contributed by atoms with E-state index in [4.69, 9.17) is 9.47 Å². The molecule has 0 aliphatic carbocycles. The van der Waals surface area contributed by atoms with E-state index in [1.807, 2.05) is 45.1 Å². The summed E-state index contributed by atoms with van der Waals surface area (Å²) in [7, 11) is 0.